The summed E-state index contributed by atoms with van der Waals surface area (Å²) in [6.45, 7) is 0. The fourth-order valence-corrected chi connectivity index (χ4v) is 0.754. The maximum absolute atomic E-state index is 10.4. The van der Waals surface area contributed by atoms with Gasteiger partial charge in [0.15, 0.2) is 0 Å². The Balaban J connectivity index is 2.59. The topological polar surface area (TPSA) is 65.7 Å². The van der Waals surface area contributed by atoms with Gasteiger partial charge in [-0.3, -0.25) is 5.73 Å². The second kappa shape index (κ2) is 3.31. The highest BCUT2D eigenvalue weighted by atomic mass is 16.3. The van der Waals surface area contributed by atoms with Gasteiger partial charge in [-0.2, -0.15) is 0 Å². The molecule has 1 rings (SSSR count). The fraction of sp³-hybridized carbons (Fsp3) is 0.143. The quantitative estimate of drug-likeness (QED) is 0.385. The molecule has 1 aromatic carbocycles. The van der Waals surface area contributed by atoms with Crippen LogP contribution in [0.25, 0.3) is 0 Å². The summed E-state index contributed by atoms with van der Waals surface area (Å²) in [4.78, 5) is 0. The van der Waals surface area contributed by atoms with E-state index in [1.807, 2.05) is 30.3 Å². The van der Waals surface area contributed by atoms with Gasteiger partial charge >= 0.3 is 0 Å². The van der Waals surface area contributed by atoms with Gasteiger partial charge in [0.25, 0.3) is 0 Å². The van der Waals surface area contributed by atoms with E-state index in [9.17, 15) is 5.11 Å². The number of para-hydroxylation sites is 1. The van der Waals surface area contributed by atoms with Crippen LogP contribution in [0.4, 0.5) is 5.69 Å². The van der Waals surface area contributed by atoms with Crippen molar-refractivity contribution in [2.75, 3.05) is 0 Å². The van der Waals surface area contributed by atoms with E-state index in [-0.39, 0.29) is 0 Å². The smallest absolute Gasteiger partial charge is 0.129 e. The Hall–Kier alpha value is -0.900. The molecular weight excluding hydrogens is 128 g/mol. The number of rotatable bonds is 2. The maximum atomic E-state index is 10.4. The molecule has 0 aromatic heterocycles. The van der Waals surface area contributed by atoms with E-state index in [4.69, 9.17) is 5.73 Å². The van der Waals surface area contributed by atoms with Crippen LogP contribution in [0.5, 0.6) is 0 Å². The summed E-state index contributed by atoms with van der Waals surface area (Å²) in [5.74, 6) is 0. The highest BCUT2D eigenvalue weighted by Gasteiger charge is 1.91. The Morgan fingerprint density at radius 2 is 1.90 bits per heavy atom. The predicted octanol–water partition coefficient (Wildman–Crippen LogP) is -1.52. The molecule has 0 bridgehead atoms. The van der Waals surface area contributed by atoms with E-state index in [0.29, 0.717) is 0 Å². The zero-order chi connectivity index (χ0) is 7.40. The largest absolute Gasteiger partial charge is 0.793 e. The molecule has 1 aromatic rings. The van der Waals surface area contributed by atoms with Crippen molar-refractivity contribution < 1.29 is 10.4 Å². The molecule has 0 aliphatic carbocycles. The summed E-state index contributed by atoms with van der Waals surface area (Å²) in [5, 5.41) is 11.9. The second-order valence-electron chi connectivity index (χ2n) is 2.04. The van der Waals surface area contributed by atoms with Gasteiger partial charge in [0.05, 0.1) is 6.35 Å². The molecule has 3 heteroatoms. The van der Waals surface area contributed by atoms with Crippen LogP contribution in [0.2, 0.25) is 0 Å². The van der Waals surface area contributed by atoms with Crippen LogP contribution in [0.3, 0.4) is 0 Å². The van der Waals surface area contributed by atoms with Gasteiger partial charge in [0.2, 0.25) is 0 Å². The van der Waals surface area contributed by atoms with Crippen molar-refractivity contribution in [1.29, 1.82) is 0 Å². The van der Waals surface area contributed by atoms with Crippen molar-refractivity contribution in [3.63, 3.8) is 0 Å². The molecular formula is C7H10N2O. The summed E-state index contributed by atoms with van der Waals surface area (Å²) in [6.07, 6.45) is -1.11. The minimum absolute atomic E-state index is 0.880. The van der Waals surface area contributed by atoms with E-state index in [0.717, 1.165) is 5.69 Å². The first-order chi connectivity index (χ1) is 4.79. The van der Waals surface area contributed by atoms with Crippen LogP contribution in [0.1, 0.15) is 0 Å². The van der Waals surface area contributed by atoms with E-state index in [1.54, 1.807) is 0 Å². The zero-order valence-electron chi connectivity index (χ0n) is 5.53. The molecule has 0 saturated heterocycles. The van der Waals surface area contributed by atoms with Gasteiger partial charge in [-0.1, -0.05) is 18.2 Å². The molecule has 54 valence electrons. The minimum atomic E-state index is -1.11. The van der Waals surface area contributed by atoms with Crippen LogP contribution >= 0.6 is 0 Å². The standard InChI is InChI=1S/C7H9N2O/c8-7(10)9-6-4-2-1-3-5-6/h1-5,7,9H,8H2/q-1/p+1. The highest BCUT2D eigenvalue weighted by Crippen LogP contribution is 1.95. The fourth-order valence-electron chi connectivity index (χ4n) is 0.754. The molecule has 0 aliphatic heterocycles. The van der Waals surface area contributed by atoms with Crippen molar-refractivity contribution in [3.05, 3.63) is 30.3 Å². The first kappa shape index (κ1) is 7.21. The molecule has 0 saturated carbocycles. The number of hydrogen-bond acceptors (Lipinski definition) is 2. The number of quaternary nitrogens is 1. The lowest BCUT2D eigenvalue weighted by Crippen LogP contribution is -2.92. The normalized spacial score (nSPS) is 13.0. The molecule has 0 heterocycles. The Labute approximate surface area is 59.5 Å². The van der Waals surface area contributed by atoms with Gasteiger partial charge in [0.1, 0.15) is 5.69 Å². The van der Waals surface area contributed by atoms with Crippen molar-refractivity contribution in [2.45, 2.75) is 6.35 Å². The Kier molecular flexibility index (Phi) is 2.39. The molecule has 0 radical (unpaired) electrons. The van der Waals surface area contributed by atoms with Crippen LogP contribution in [-0.2, 0) is 0 Å². The molecule has 0 spiro atoms. The van der Waals surface area contributed by atoms with Gasteiger partial charge in [-0.05, 0) is 12.1 Å². The van der Waals surface area contributed by atoms with Crippen LogP contribution < -0.4 is 16.2 Å². The van der Waals surface area contributed by atoms with Crippen LogP contribution in [0, 0.1) is 0 Å². The third kappa shape index (κ3) is 2.14. The molecule has 3 nitrogen and oxygen atoms in total. The van der Waals surface area contributed by atoms with Crippen LogP contribution in [-0.4, -0.2) is 6.35 Å². The van der Waals surface area contributed by atoms with Crippen molar-refractivity contribution in [3.8, 4) is 0 Å². The summed E-state index contributed by atoms with van der Waals surface area (Å²) >= 11 is 0. The zero-order valence-corrected chi connectivity index (χ0v) is 5.53. The Morgan fingerprint density at radius 1 is 1.30 bits per heavy atom. The minimum Gasteiger partial charge on any atom is -0.793 e. The lowest BCUT2D eigenvalue weighted by molar-refractivity contribution is -0.762. The molecule has 1 atom stereocenters. The van der Waals surface area contributed by atoms with E-state index >= 15 is 0 Å². The first-order valence-corrected chi connectivity index (χ1v) is 3.10. The van der Waals surface area contributed by atoms with E-state index < -0.39 is 6.35 Å². The van der Waals surface area contributed by atoms with Gasteiger partial charge < -0.3 is 10.4 Å². The second-order valence-corrected chi connectivity index (χ2v) is 2.04. The van der Waals surface area contributed by atoms with Crippen molar-refractivity contribution in [1.82, 2.24) is 0 Å². The number of benzene rings is 1. The van der Waals surface area contributed by atoms with Crippen LogP contribution in [0.15, 0.2) is 30.3 Å². The summed E-state index contributed by atoms with van der Waals surface area (Å²) in [6, 6.07) is 9.33. The number of hydrogen-bond donors (Lipinski definition) is 2. The lowest BCUT2D eigenvalue weighted by atomic mass is 10.3. The monoisotopic (exact) mass is 138 g/mol. The van der Waals surface area contributed by atoms with Gasteiger partial charge in [-0.25, -0.2) is 0 Å². The van der Waals surface area contributed by atoms with Crippen molar-refractivity contribution in [2.24, 2.45) is 5.73 Å². The Bertz CT molecular complexity index is 186. The van der Waals surface area contributed by atoms with Gasteiger partial charge in [-0.15, -0.1) is 0 Å². The third-order valence-corrected chi connectivity index (χ3v) is 1.16. The molecule has 1 unspecified atom stereocenters. The molecule has 0 fully saturated rings. The Morgan fingerprint density at radius 3 is 2.40 bits per heavy atom. The average molecular weight is 138 g/mol. The van der Waals surface area contributed by atoms with Gasteiger partial charge in [0, 0.05) is 0 Å². The van der Waals surface area contributed by atoms with Crippen molar-refractivity contribution >= 4 is 5.69 Å². The summed E-state index contributed by atoms with van der Waals surface area (Å²) in [7, 11) is 0. The summed E-state index contributed by atoms with van der Waals surface area (Å²) in [5.41, 5.74) is 5.89. The third-order valence-electron chi connectivity index (χ3n) is 1.16. The molecule has 0 aliphatic rings. The predicted molar refractivity (Wildman–Crippen MR) is 36.0 cm³/mol. The average Bonchev–Trinajstić information content (AvgIpc) is 1.88. The first-order valence-electron chi connectivity index (χ1n) is 3.10. The maximum Gasteiger partial charge on any atom is 0.129 e. The van der Waals surface area contributed by atoms with E-state index in [2.05, 4.69) is 0 Å². The van der Waals surface area contributed by atoms with E-state index in [1.165, 1.54) is 5.32 Å². The molecule has 4 N–H and O–H groups in total. The SMILES string of the molecule is NC([O-])[NH2+]c1ccccc1. The molecule has 0 amide bonds. The highest BCUT2D eigenvalue weighted by molar-refractivity contribution is 5.26. The summed E-state index contributed by atoms with van der Waals surface area (Å²) < 4.78 is 0. The lowest BCUT2D eigenvalue weighted by Gasteiger charge is -2.12. The number of nitrogens with two attached hydrogens (primary N) is 2. The molecule has 10 heavy (non-hydrogen) atoms.